The number of aryl methyl sites for hydroxylation is 1. The Bertz CT molecular complexity index is 748. The molecule has 7 heteroatoms. The zero-order valence-electron chi connectivity index (χ0n) is 13.3. The van der Waals surface area contributed by atoms with Crippen LogP contribution in [0.25, 0.3) is 0 Å². The van der Waals surface area contributed by atoms with Gasteiger partial charge in [-0.2, -0.15) is 5.26 Å². The molecule has 2 aromatic rings. The van der Waals surface area contributed by atoms with E-state index in [9.17, 15) is 4.79 Å². The van der Waals surface area contributed by atoms with Crippen molar-refractivity contribution in [3.8, 4) is 11.8 Å². The van der Waals surface area contributed by atoms with Crippen LogP contribution in [0.4, 0.5) is 0 Å². The molecule has 0 saturated carbocycles. The summed E-state index contributed by atoms with van der Waals surface area (Å²) in [6.45, 7) is 2.87. The number of nitrogens with zero attached hydrogens (tertiary/aromatic N) is 2. The number of nitrogens with one attached hydrogen (secondary N) is 2. The van der Waals surface area contributed by atoms with Crippen LogP contribution in [0.15, 0.2) is 30.6 Å². The lowest BCUT2D eigenvalue weighted by Gasteiger charge is -2.32. The summed E-state index contributed by atoms with van der Waals surface area (Å²) >= 11 is 0. The topological polar surface area (TPSA) is 100 Å². The Hall–Kier alpha value is -2.85. The Kier molecular flexibility index (Phi) is 4.77. The van der Waals surface area contributed by atoms with Gasteiger partial charge in [0.2, 0.25) is 0 Å². The third-order valence-corrected chi connectivity index (χ3v) is 3.84. The maximum atomic E-state index is 12.3. The van der Waals surface area contributed by atoms with Gasteiger partial charge in [0.25, 0.3) is 5.91 Å². The highest BCUT2D eigenvalue weighted by molar-refractivity contribution is 5.93. The molecule has 3 rings (SSSR count). The maximum absolute atomic E-state index is 12.3. The fourth-order valence-electron chi connectivity index (χ4n) is 2.53. The van der Waals surface area contributed by atoms with Gasteiger partial charge in [-0.25, -0.2) is 0 Å². The average Bonchev–Trinajstić information content (AvgIpc) is 3.08. The van der Waals surface area contributed by atoms with Crippen molar-refractivity contribution in [2.45, 2.75) is 25.5 Å². The fourth-order valence-corrected chi connectivity index (χ4v) is 2.53. The minimum absolute atomic E-state index is 0.197. The van der Waals surface area contributed by atoms with E-state index < -0.39 is 0 Å². The molecular weight excluding hydrogens is 308 g/mol. The molecule has 0 bridgehead atoms. The Labute approximate surface area is 139 Å². The van der Waals surface area contributed by atoms with E-state index in [1.165, 1.54) is 12.3 Å². The van der Waals surface area contributed by atoms with Crippen LogP contribution in [-0.4, -0.2) is 41.2 Å². The highest BCUT2D eigenvalue weighted by Gasteiger charge is 2.29. The number of carbonyl (C=O) groups excluding carboxylic acids is 1. The number of rotatable bonds is 4. The van der Waals surface area contributed by atoms with Crippen molar-refractivity contribution in [1.82, 2.24) is 15.3 Å². The molecule has 0 aromatic carbocycles. The quantitative estimate of drug-likeness (QED) is 0.888. The van der Waals surface area contributed by atoms with Crippen LogP contribution < -0.4 is 10.1 Å². The van der Waals surface area contributed by atoms with Gasteiger partial charge in [-0.3, -0.25) is 9.78 Å². The fraction of sp³-hybridized carbons (Fsp3) is 0.353. The van der Waals surface area contributed by atoms with Gasteiger partial charge < -0.3 is 19.8 Å². The second-order valence-corrected chi connectivity index (χ2v) is 5.65. The number of carbonyl (C=O) groups is 1. The van der Waals surface area contributed by atoms with E-state index in [0.29, 0.717) is 36.6 Å². The van der Waals surface area contributed by atoms with Crippen LogP contribution in [0.1, 0.15) is 28.2 Å². The first-order chi connectivity index (χ1) is 11.7. The van der Waals surface area contributed by atoms with E-state index in [2.05, 4.69) is 15.3 Å². The Morgan fingerprint density at radius 2 is 2.42 bits per heavy atom. The van der Waals surface area contributed by atoms with Gasteiger partial charge >= 0.3 is 0 Å². The van der Waals surface area contributed by atoms with Gasteiger partial charge in [-0.15, -0.1) is 0 Å². The number of H-pyrrole nitrogens is 1. The number of amides is 1. The molecule has 24 heavy (non-hydrogen) atoms. The number of aromatic amines is 1. The van der Waals surface area contributed by atoms with Crippen LogP contribution in [-0.2, 0) is 4.74 Å². The van der Waals surface area contributed by atoms with E-state index in [0.717, 1.165) is 5.69 Å². The maximum Gasteiger partial charge on any atom is 0.268 e. The molecule has 3 heterocycles. The molecule has 1 aliphatic heterocycles. The van der Waals surface area contributed by atoms with E-state index in [-0.39, 0.29) is 18.1 Å². The molecule has 7 nitrogen and oxygen atoms in total. The van der Waals surface area contributed by atoms with Crippen molar-refractivity contribution in [2.24, 2.45) is 0 Å². The van der Waals surface area contributed by atoms with Crippen LogP contribution in [0.5, 0.6) is 5.75 Å². The summed E-state index contributed by atoms with van der Waals surface area (Å²) in [6, 6.07) is 6.96. The van der Waals surface area contributed by atoms with Crippen LogP contribution >= 0.6 is 0 Å². The summed E-state index contributed by atoms with van der Waals surface area (Å²) in [5.41, 5.74) is 1.67. The van der Waals surface area contributed by atoms with Crippen LogP contribution in [0.3, 0.4) is 0 Å². The number of ether oxygens (including phenoxy) is 2. The second-order valence-electron chi connectivity index (χ2n) is 5.65. The highest BCUT2D eigenvalue weighted by atomic mass is 16.5. The first-order valence-electron chi connectivity index (χ1n) is 7.72. The zero-order valence-corrected chi connectivity index (χ0v) is 13.3. The third kappa shape index (κ3) is 3.73. The van der Waals surface area contributed by atoms with Crippen molar-refractivity contribution in [2.75, 3.05) is 13.2 Å². The van der Waals surface area contributed by atoms with Gasteiger partial charge in [0.15, 0.2) is 0 Å². The minimum Gasteiger partial charge on any atom is -0.486 e. The monoisotopic (exact) mass is 326 g/mol. The Morgan fingerprint density at radius 1 is 1.54 bits per heavy atom. The lowest BCUT2D eigenvalue weighted by molar-refractivity contribution is -0.00306. The molecule has 2 aromatic heterocycles. The summed E-state index contributed by atoms with van der Waals surface area (Å²) in [7, 11) is 0. The smallest absolute Gasteiger partial charge is 0.268 e. The van der Waals surface area contributed by atoms with Crippen molar-refractivity contribution in [3.05, 3.63) is 47.5 Å². The Balaban J connectivity index is 1.66. The number of aromatic nitrogens is 2. The van der Waals surface area contributed by atoms with E-state index >= 15 is 0 Å². The minimum atomic E-state index is -0.289. The first-order valence-corrected chi connectivity index (χ1v) is 7.72. The summed E-state index contributed by atoms with van der Waals surface area (Å²) in [6.07, 6.45) is 3.65. The number of hydrogen-bond donors (Lipinski definition) is 2. The average molecular weight is 326 g/mol. The molecule has 124 valence electrons. The third-order valence-electron chi connectivity index (χ3n) is 3.84. The molecule has 2 atom stereocenters. The molecule has 2 N–H and O–H groups in total. The van der Waals surface area contributed by atoms with Gasteiger partial charge in [0, 0.05) is 18.3 Å². The molecule has 1 saturated heterocycles. The standard InChI is InChI=1S/C17H18N4O3/c1-11-2-3-13(9-19-11)24-16-4-5-23-10-15(16)21-17(22)14-6-12(7-18)8-20-14/h2-3,6,8-9,15-16,20H,4-5,10H2,1H3,(H,21,22)/t15-,16+/m0/s1. The second kappa shape index (κ2) is 7.15. The van der Waals surface area contributed by atoms with Gasteiger partial charge in [0.1, 0.15) is 23.6 Å². The summed E-state index contributed by atoms with van der Waals surface area (Å²) in [5.74, 6) is 0.376. The van der Waals surface area contributed by atoms with Crippen molar-refractivity contribution in [1.29, 1.82) is 5.26 Å². The Morgan fingerprint density at radius 3 is 3.12 bits per heavy atom. The predicted octanol–water partition coefficient (Wildman–Crippen LogP) is 1.56. The lowest BCUT2D eigenvalue weighted by atomic mass is 10.1. The predicted molar refractivity (Wildman–Crippen MR) is 85.6 cm³/mol. The van der Waals surface area contributed by atoms with E-state index in [1.807, 2.05) is 25.1 Å². The molecule has 0 spiro atoms. The van der Waals surface area contributed by atoms with Crippen molar-refractivity contribution in [3.63, 3.8) is 0 Å². The van der Waals surface area contributed by atoms with Crippen LogP contribution in [0.2, 0.25) is 0 Å². The zero-order chi connectivity index (χ0) is 16.9. The summed E-state index contributed by atoms with van der Waals surface area (Å²) in [4.78, 5) is 19.3. The summed E-state index contributed by atoms with van der Waals surface area (Å²) < 4.78 is 11.4. The SMILES string of the molecule is Cc1ccc(O[C@@H]2CCOC[C@@H]2NC(=O)c2cc(C#N)c[nH]2)cn1. The molecule has 1 amide bonds. The van der Waals surface area contributed by atoms with Crippen molar-refractivity contribution >= 4 is 5.91 Å². The number of pyridine rings is 1. The molecule has 0 aliphatic carbocycles. The van der Waals surface area contributed by atoms with Crippen LogP contribution in [0, 0.1) is 18.3 Å². The molecule has 1 aliphatic rings. The molecule has 1 fully saturated rings. The molecule has 0 radical (unpaired) electrons. The van der Waals surface area contributed by atoms with Gasteiger partial charge in [0.05, 0.1) is 31.0 Å². The molecular formula is C17H18N4O3. The largest absolute Gasteiger partial charge is 0.486 e. The summed E-state index contributed by atoms with van der Waals surface area (Å²) in [5, 5.41) is 11.7. The number of nitriles is 1. The van der Waals surface area contributed by atoms with Crippen molar-refractivity contribution < 1.29 is 14.3 Å². The van der Waals surface area contributed by atoms with E-state index in [1.54, 1.807) is 6.20 Å². The lowest BCUT2D eigenvalue weighted by Crippen LogP contribution is -2.51. The molecule has 0 unspecified atom stereocenters. The number of hydrogen-bond acceptors (Lipinski definition) is 5. The van der Waals surface area contributed by atoms with E-state index in [4.69, 9.17) is 14.7 Å². The van der Waals surface area contributed by atoms with Gasteiger partial charge in [-0.05, 0) is 25.1 Å². The first kappa shape index (κ1) is 16.0. The van der Waals surface area contributed by atoms with Gasteiger partial charge in [-0.1, -0.05) is 0 Å². The normalized spacial score (nSPS) is 20.2. The highest BCUT2D eigenvalue weighted by Crippen LogP contribution is 2.18.